The van der Waals surface area contributed by atoms with Crippen molar-refractivity contribution in [2.75, 3.05) is 45.8 Å². The van der Waals surface area contributed by atoms with Crippen LogP contribution in [0.5, 0.6) is 0 Å². The zero-order chi connectivity index (χ0) is 16.2. The number of hydrogen-bond acceptors (Lipinski definition) is 3. The van der Waals surface area contributed by atoms with Gasteiger partial charge >= 0.3 is 0 Å². The Balaban J connectivity index is 0.00000484. The first-order chi connectivity index (χ1) is 10.7. The Hall–Kier alpha value is -1.02. The fourth-order valence-corrected chi connectivity index (χ4v) is 2.00. The van der Waals surface area contributed by atoms with Crippen LogP contribution in [0.4, 0.5) is 5.69 Å². The van der Waals surface area contributed by atoms with E-state index in [1.165, 1.54) is 11.3 Å². The molecule has 6 heteroatoms. The molecule has 0 saturated carbocycles. The van der Waals surface area contributed by atoms with Gasteiger partial charge in [-0.3, -0.25) is 4.99 Å². The van der Waals surface area contributed by atoms with E-state index in [2.05, 4.69) is 44.8 Å². The molecule has 0 fully saturated rings. The van der Waals surface area contributed by atoms with Gasteiger partial charge in [-0.25, -0.2) is 0 Å². The van der Waals surface area contributed by atoms with E-state index in [0.29, 0.717) is 0 Å². The van der Waals surface area contributed by atoms with Crippen molar-refractivity contribution < 1.29 is 4.74 Å². The molecule has 132 valence electrons. The van der Waals surface area contributed by atoms with Crippen molar-refractivity contribution in [1.29, 1.82) is 0 Å². The summed E-state index contributed by atoms with van der Waals surface area (Å²) in [5.74, 6) is 0.841. The lowest BCUT2D eigenvalue weighted by atomic mass is 10.2. The first-order valence-electron chi connectivity index (χ1n) is 7.96. The lowest BCUT2D eigenvalue weighted by Crippen LogP contribution is -2.37. The Morgan fingerprint density at radius 3 is 2.39 bits per heavy atom. The van der Waals surface area contributed by atoms with E-state index in [1.54, 1.807) is 7.05 Å². The number of unbranched alkanes of at least 4 members (excludes halogenated alkanes) is 1. The molecule has 5 nitrogen and oxygen atoms in total. The van der Waals surface area contributed by atoms with E-state index in [9.17, 15) is 0 Å². The van der Waals surface area contributed by atoms with Crippen LogP contribution in [0.15, 0.2) is 29.3 Å². The smallest absolute Gasteiger partial charge is 0.191 e. The number of nitrogens with one attached hydrogen (secondary N) is 2. The maximum Gasteiger partial charge on any atom is 0.191 e. The highest BCUT2D eigenvalue weighted by Crippen LogP contribution is 2.11. The van der Waals surface area contributed by atoms with Crippen LogP contribution in [0.3, 0.4) is 0 Å². The Morgan fingerprint density at radius 2 is 1.83 bits per heavy atom. The molecule has 0 amide bonds. The fourth-order valence-electron chi connectivity index (χ4n) is 2.00. The van der Waals surface area contributed by atoms with Crippen LogP contribution in [0, 0.1) is 0 Å². The van der Waals surface area contributed by atoms with E-state index in [0.717, 1.165) is 45.1 Å². The molecule has 0 aliphatic heterocycles. The minimum Gasteiger partial charge on any atom is -0.382 e. The van der Waals surface area contributed by atoms with Gasteiger partial charge in [-0.05, 0) is 37.5 Å². The average Bonchev–Trinajstić information content (AvgIpc) is 2.54. The molecule has 0 heterocycles. The summed E-state index contributed by atoms with van der Waals surface area (Å²) in [4.78, 5) is 6.33. The Morgan fingerprint density at radius 1 is 1.13 bits per heavy atom. The van der Waals surface area contributed by atoms with E-state index in [4.69, 9.17) is 4.74 Å². The largest absolute Gasteiger partial charge is 0.382 e. The van der Waals surface area contributed by atoms with E-state index in [1.807, 2.05) is 21.0 Å². The van der Waals surface area contributed by atoms with Gasteiger partial charge in [0.15, 0.2) is 5.96 Å². The molecule has 0 aromatic heterocycles. The molecule has 0 spiro atoms. The minimum atomic E-state index is 0. The summed E-state index contributed by atoms with van der Waals surface area (Å²) in [6, 6.07) is 8.53. The van der Waals surface area contributed by atoms with Crippen molar-refractivity contribution >= 4 is 35.6 Å². The summed E-state index contributed by atoms with van der Waals surface area (Å²) < 4.78 is 5.32. The van der Waals surface area contributed by atoms with Crippen LogP contribution >= 0.6 is 24.0 Å². The van der Waals surface area contributed by atoms with Crippen molar-refractivity contribution in [3.63, 3.8) is 0 Å². The lowest BCUT2D eigenvalue weighted by Gasteiger charge is -2.14. The quantitative estimate of drug-likeness (QED) is 0.272. The summed E-state index contributed by atoms with van der Waals surface area (Å²) in [5.41, 5.74) is 2.45. The van der Waals surface area contributed by atoms with Crippen molar-refractivity contribution in [2.24, 2.45) is 4.99 Å². The van der Waals surface area contributed by atoms with Crippen LogP contribution in [-0.4, -0.2) is 46.9 Å². The molecular weight excluding hydrogens is 403 g/mol. The topological polar surface area (TPSA) is 48.9 Å². The van der Waals surface area contributed by atoms with Gasteiger partial charge in [0.25, 0.3) is 0 Å². The maximum absolute atomic E-state index is 5.32. The molecule has 2 N–H and O–H groups in total. The Bertz CT molecular complexity index is 435. The summed E-state index contributed by atoms with van der Waals surface area (Å²) in [6.45, 7) is 5.33. The van der Waals surface area contributed by atoms with Crippen molar-refractivity contribution in [3.05, 3.63) is 29.8 Å². The third-order valence-corrected chi connectivity index (χ3v) is 3.35. The molecular formula is C17H31IN4O. The lowest BCUT2D eigenvalue weighted by molar-refractivity contribution is 0.143. The highest BCUT2D eigenvalue weighted by molar-refractivity contribution is 14.0. The van der Waals surface area contributed by atoms with Gasteiger partial charge in [-0.15, -0.1) is 24.0 Å². The van der Waals surface area contributed by atoms with Gasteiger partial charge in [0.05, 0.1) is 0 Å². The van der Waals surface area contributed by atoms with E-state index >= 15 is 0 Å². The van der Waals surface area contributed by atoms with Crippen molar-refractivity contribution in [2.45, 2.75) is 26.3 Å². The summed E-state index contributed by atoms with van der Waals surface area (Å²) in [7, 11) is 5.89. The van der Waals surface area contributed by atoms with Gasteiger partial charge in [0.1, 0.15) is 0 Å². The standard InChI is InChI=1S/C17H30N4O.HI/c1-5-22-13-7-6-12-19-17(18-2)20-14-15-8-10-16(11-9-15)21(3)4;/h8-11H,5-7,12-14H2,1-4H3,(H2,18,19,20);1H. The molecule has 1 rings (SSSR count). The molecule has 0 aliphatic rings. The number of nitrogens with zero attached hydrogens (tertiary/aromatic N) is 2. The van der Waals surface area contributed by atoms with Crippen molar-refractivity contribution in [1.82, 2.24) is 10.6 Å². The third-order valence-electron chi connectivity index (χ3n) is 3.35. The summed E-state index contributed by atoms with van der Waals surface area (Å²) in [6.07, 6.45) is 2.15. The fraction of sp³-hybridized carbons (Fsp3) is 0.588. The predicted octanol–water partition coefficient (Wildman–Crippen LogP) is 2.85. The number of halogens is 1. The van der Waals surface area contributed by atoms with Gasteiger partial charge in [0, 0.05) is 53.1 Å². The number of benzene rings is 1. The molecule has 0 saturated heterocycles. The molecule has 23 heavy (non-hydrogen) atoms. The number of guanidine groups is 1. The highest BCUT2D eigenvalue weighted by atomic mass is 127. The van der Waals surface area contributed by atoms with Crippen LogP contribution in [-0.2, 0) is 11.3 Å². The number of hydrogen-bond donors (Lipinski definition) is 2. The van der Waals surface area contributed by atoms with Gasteiger partial charge in [-0.2, -0.15) is 0 Å². The molecule has 0 aliphatic carbocycles. The molecule has 0 bridgehead atoms. The number of anilines is 1. The predicted molar refractivity (Wildman–Crippen MR) is 110 cm³/mol. The first kappa shape index (κ1) is 22.0. The van der Waals surface area contributed by atoms with Gasteiger partial charge in [-0.1, -0.05) is 12.1 Å². The average molecular weight is 434 g/mol. The zero-order valence-electron chi connectivity index (χ0n) is 14.8. The van der Waals surface area contributed by atoms with Gasteiger partial charge < -0.3 is 20.3 Å². The molecule has 1 aromatic carbocycles. The van der Waals surface area contributed by atoms with Crippen LogP contribution in [0.25, 0.3) is 0 Å². The molecule has 0 radical (unpaired) electrons. The van der Waals surface area contributed by atoms with Crippen LogP contribution in [0.2, 0.25) is 0 Å². The van der Waals surface area contributed by atoms with E-state index in [-0.39, 0.29) is 24.0 Å². The maximum atomic E-state index is 5.32. The van der Waals surface area contributed by atoms with Crippen molar-refractivity contribution in [3.8, 4) is 0 Å². The second kappa shape index (κ2) is 13.4. The van der Waals surface area contributed by atoms with E-state index < -0.39 is 0 Å². The minimum absolute atomic E-state index is 0. The number of ether oxygens (including phenoxy) is 1. The number of aliphatic imine (C=N–C) groups is 1. The molecule has 1 aromatic rings. The molecule has 0 unspecified atom stereocenters. The second-order valence-corrected chi connectivity index (χ2v) is 5.32. The highest BCUT2D eigenvalue weighted by Gasteiger charge is 1.99. The van der Waals surface area contributed by atoms with Gasteiger partial charge in [0.2, 0.25) is 0 Å². The SMILES string of the molecule is CCOCCCCNC(=NC)NCc1ccc(N(C)C)cc1.I. The second-order valence-electron chi connectivity index (χ2n) is 5.32. The third kappa shape index (κ3) is 9.65. The Labute approximate surface area is 157 Å². The Kier molecular flexibility index (Phi) is 12.8. The summed E-state index contributed by atoms with van der Waals surface area (Å²) in [5, 5.41) is 6.65. The monoisotopic (exact) mass is 434 g/mol. The molecule has 0 atom stereocenters. The first-order valence-corrected chi connectivity index (χ1v) is 7.96. The number of rotatable bonds is 9. The zero-order valence-corrected chi connectivity index (χ0v) is 17.1. The van der Waals surface area contributed by atoms with Crippen LogP contribution < -0.4 is 15.5 Å². The normalized spacial score (nSPS) is 10.9. The van der Waals surface area contributed by atoms with Crippen LogP contribution in [0.1, 0.15) is 25.3 Å². The summed E-state index contributed by atoms with van der Waals surface area (Å²) >= 11 is 0.